The minimum atomic E-state index is 0.852. The van der Waals surface area contributed by atoms with E-state index in [1.165, 1.54) is 11.1 Å². The van der Waals surface area contributed by atoms with Crippen LogP contribution in [0.4, 0.5) is 0 Å². The zero-order chi connectivity index (χ0) is 9.10. The van der Waals surface area contributed by atoms with Crippen LogP contribution in [0.1, 0.15) is 11.1 Å². The largest absolute Gasteiger partial charge is 0.493 e. The molecule has 70 valence electrons. The van der Waals surface area contributed by atoms with Gasteiger partial charge in [-0.3, -0.25) is 0 Å². The molecule has 2 heteroatoms. The molecule has 0 spiro atoms. The predicted molar refractivity (Wildman–Crippen MR) is 53.3 cm³/mol. The highest BCUT2D eigenvalue weighted by Crippen LogP contribution is 2.25. The van der Waals surface area contributed by atoms with Crippen molar-refractivity contribution in [3.63, 3.8) is 0 Å². The molecule has 0 amide bonds. The lowest BCUT2D eigenvalue weighted by atomic mass is 10.1. The Bertz CT molecular complexity index is 296. The molecule has 0 unspecified atom stereocenters. The summed E-state index contributed by atoms with van der Waals surface area (Å²) >= 11 is 0. The van der Waals surface area contributed by atoms with E-state index in [1.807, 2.05) is 7.05 Å². The van der Waals surface area contributed by atoms with Crippen LogP contribution in [0.5, 0.6) is 5.75 Å². The molecule has 0 saturated carbocycles. The Morgan fingerprint density at radius 2 is 2.38 bits per heavy atom. The summed E-state index contributed by atoms with van der Waals surface area (Å²) in [5, 5.41) is 3.15. The smallest absolute Gasteiger partial charge is 0.122 e. The minimum absolute atomic E-state index is 0.852. The van der Waals surface area contributed by atoms with Crippen LogP contribution in [0.3, 0.4) is 0 Å². The summed E-state index contributed by atoms with van der Waals surface area (Å²) in [5.41, 5.74) is 2.77. The van der Waals surface area contributed by atoms with Gasteiger partial charge in [-0.15, -0.1) is 0 Å². The Hall–Kier alpha value is -1.02. The maximum absolute atomic E-state index is 5.44. The first-order valence-corrected chi connectivity index (χ1v) is 4.79. The van der Waals surface area contributed by atoms with Crippen molar-refractivity contribution in [2.75, 3.05) is 20.2 Å². The third-order valence-corrected chi connectivity index (χ3v) is 2.42. The van der Waals surface area contributed by atoms with Gasteiger partial charge in [-0.25, -0.2) is 0 Å². The number of ether oxygens (including phenoxy) is 1. The molecule has 1 heterocycles. The van der Waals surface area contributed by atoms with E-state index in [4.69, 9.17) is 4.74 Å². The SMILES string of the molecule is CNCCc1ccc2c(c1)CCO2. The van der Waals surface area contributed by atoms with E-state index < -0.39 is 0 Å². The third kappa shape index (κ3) is 1.83. The highest BCUT2D eigenvalue weighted by Gasteiger charge is 2.11. The maximum atomic E-state index is 5.44. The van der Waals surface area contributed by atoms with Crippen LogP contribution in [0.2, 0.25) is 0 Å². The summed E-state index contributed by atoms with van der Waals surface area (Å²) < 4.78 is 5.44. The summed E-state index contributed by atoms with van der Waals surface area (Å²) in [5.74, 6) is 1.08. The number of likely N-dealkylation sites (N-methyl/N-ethyl adjacent to an activating group) is 1. The lowest BCUT2D eigenvalue weighted by Gasteiger charge is -2.03. The quantitative estimate of drug-likeness (QED) is 0.753. The van der Waals surface area contributed by atoms with E-state index in [-0.39, 0.29) is 0 Å². The predicted octanol–water partition coefficient (Wildman–Crippen LogP) is 1.38. The Morgan fingerprint density at radius 1 is 1.46 bits per heavy atom. The molecule has 13 heavy (non-hydrogen) atoms. The van der Waals surface area contributed by atoms with Gasteiger partial charge in [-0.05, 0) is 37.2 Å². The van der Waals surface area contributed by atoms with E-state index in [1.54, 1.807) is 0 Å². The van der Waals surface area contributed by atoms with Gasteiger partial charge in [0.25, 0.3) is 0 Å². The second kappa shape index (κ2) is 3.79. The molecule has 0 radical (unpaired) electrons. The molecular weight excluding hydrogens is 162 g/mol. The van der Waals surface area contributed by atoms with Crippen LogP contribution in [0.15, 0.2) is 18.2 Å². The number of hydrogen-bond donors (Lipinski definition) is 1. The van der Waals surface area contributed by atoms with Crippen molar-refractivity contribution >= 4 is 0 Å². The van der Waals surface area contributed by atoms with Crippen molar-refractivity contribution in [1.82, 2.24) is 5.32 Å². The molecular formula is C11H15NO. The number of hydrogen-bond acceptors (Lipinski definition) is 2. The van der Waals surface area contributed by atoms with E-state index in [0.717, 1.165) is 31.7 Å². The summed E-state index contributed by atoms with van der Waals surface area (Å²) in [4.78, 5) is 0. The molecule has 0 atom stereocenters. The van der Waals surface area contributed by atoms with Crippen LogP contribution in [0.25, 0.3) is 0 Å². The number of rotatable bonds is 3. The Balaban J connectivity index is 2.12. The van der Waals surface area contributed by atoms with Crippen molar-refractivity contribution in [1.29, 1.82) is 0 Å². The minimum Gasteiger partial charge on any atom is -0.493 e. The molecule has 0 bridgehead atoms. The van der Waals surface area contributed by atoms with Gasteiger partial charge in [0, 0.05) is 6.42 Å². The van der Waals surface area contributed by atoms with E-state index in [2.05, 4.69) is 23.5 Å². The fraction of sp³-hybridized carbons (Fsp3) is 0.455. The van der Waals surface area contributed by atoms with E-state index in [0.29, 0.717) is 0 Å². The normalized spacial score (nSPS) is 13.9. The molecule has 2 nitrogen and oxygen atoms in total. The van der Waals surface area contributed by atoms with Crippen molar-refractivity contribution < 1.29 is 4.74 Å². The molecule has 1 aliphatic heterocycles. The summed E-state index contributed by atoms with van der Waals surface area (Å²) in [6, 6.07) is 6.51. The first kappa shape index (κ1) is 8.57. The zero-order valence-electron chi connectivity index (χ0n) is 7.97. The van der Waals surface area contributed by atoms with Gasteiger partial charge in [0.1, 0.15) is 5.75 Å². The molecule has 0 saturated heterocycles. The van der Waals surface area contributed by atoms with Gasteiger partial charge in [-0.1, -0.05) is 12.1 Å². The van der Waals surface area contributed by atoms with Gasteiger partial charge >= 0.3 is 0 Å². The Morgan fingerprint density at radius 3 is 3.23 bits per heavy atom. The van der Waals surface area contributed by atoms with Gasteiger partial charge in [-0.2, -0.15) is 0 Å². The summed E-state index contributed by atoms with van der Waals surface area (Å²) in [7, 11) is 1.98. The lowest BCUT2D eigenvalue weighted by Crippen LogP contribution is -2.10. The monoisotopic (exact) mass is 177 g/mol. The summed E-state index contributed by atoms with van der Waals surface area (Å²) in [6.07, 6.45) is 2.17. The lowest BCUT2D eigenvalue weighted by molar-refractivity contribution is 0.357. The average molecular weight is 177 g/mol. The van der Waals surface area contributed by atoms with Gasteiger partial charge in [0.2, 0.25) is 0 Å². The number of fused-ring (bicyclic) bond motifs is 1. The van der Waals surface area contributed by atoms with Gasteiger partial charge < -0.3 is 10.1 Å². The van der Waals surface area contributed by atoms with Crippen molar-refractivity contribution in [2.45, 2.75) is 12.8 Å². The van der Waals surface area contributed by atoms with Crippen molar-refractivity contribution in [2.24, 2.45) is 0 Å². The molecule has 1 N–H and O–H groups in total. The van der Waals surface area contributed by atoms with Crippen molar-refractivity contribution in [3.8, 4) is 5.75 Å². The number of nitrogens with one attached hydrogen (secondary N) is 1. The zero-order valence-corrected chi connectivity index (χ0v) is 7.97. The van der Waals surface area contributed by atoms with Crippen molar-refractivity contribution in [3.05, 3.63) is 29.3 Å². The second-order valence-corrected chi connectivity index (χ2v) is 3.39. The average Bonchev–Trinajstić information content (AvgIpc) is 2.61. The third-order valence-electron chi connectivity index (χ3n) is 2.42. The molecule has 0 aliphatic carbocycles. The standard InChI is InChI=1S/C11H15NO/c1-12-6-4-9-2-3-11-10(8-9)5-7-13-11/h2-3,8,12H,4-7H2,1H3. The van der Waals surface area contributed by atoms with Crippen LogP contribution >= 0.6 is 0 Å². The Kier molecular flexibility index (Phi) is 2.50. The summed E-state index contributed by atoms with van der Waals surface area (Å²) in [6.45, 7) is 1.89. The molecule has 1 aliphatic rings. The molecule has 1 aromatic carbocycles. The number of benzene rings is 1. The highest BCUT2D eigenvalue weighted by atomic mass is 16.5. The first-order chi connectivity index (χ1) is 6.40. The molecule has 2 rings (SSSR count). The van der Waals surface area contributed by atoms with Crippen LogP contribution in [-0.2, 0) is 12.8 Å². The fourth-order valence-corrected chi connectivity index (χ4v) is 1.66. The van der Waals surface area contributed by atoms with Gasteiger partial charge in [0.05, 0.1) is 6.61 Å². The fourth-order valence-electron chi connectivity index (χ4n) is 1.66. The van der Waals surface area contributed by atoms with Crippen LogP contribution in [0, 0.1) is 0 Å². The van der Waals surface area contributed by atoms with Crippen LogP contribution < -0.4 is 10.1 Å². The maximum Gasteiger partial charge on any atom is 0.122 e. The molecule has 1 aromatic rings. The van der Waals surface area contributed by atoms with Gasteiger partial charge in [0.15, 0.2) is 0 Å². The second-order valence-electron chi connectivity index (χ2n) is 3.39. The molecule has 0 aromatic heterocycles. The Labute approximate surface area is 78.9 Å². The molecule has 0 fully saturated rings. The highest BCUT2D eigenvalue weighted by molar-refractivity contribution is 5.39. The van der Waals surface area contributed by atoms with E-state index >= 15 is 0 Å². The first-order valence-electron chi connectivity index (χ1n) is 4.79. The van der Waals surface area contributed by atoms with Crippen LogP contribution in [-0.4, -0.2) is 20.2 Å². The topological polar surface area (TPSA) is 21.3 Å². The van der Waals surface area contributed by atoms with E-state index in [9.17, 15) is 0 Å².